The fourth-order valence-corrected chi connectivity index (χ4v) is 4.07. The van der Waals surface area contributed by atoms with Gasteiger partial charge in [0, 0.05) is 28.0 Å². The summed E-state index contributed by atoms with van der Waals surface area (Å²) in [7, 11) is 0. The maximum atomic E-state index is 13.5. The predicted octanol–water partition coefficient (Wildman–Crippen LogP) is 6.15. The van der Waals surface area contributed by atoms with Crippen molar-refractivity contribution < 1.29 is 14.3 Å². The van der Waals surface area contributed by atoms with Crippen LogP contribution < -0.4 is 10.1 Å². The Bertz CT molecular complexity index is 1090. The van der Waals surface area contributed by atoms with E-state index in [1.54, 1.807) is 17.0 Å². The Morgan fingerprint density at radius 2 is 1.49 bits per heavy atom. The van der Waals surface area contributed by atoms with Crippen molar-refractivity contribution in [2.75, 3.05) is 6.61 Å². The lowest BCUT2D eigenvalue weighted by atomic mass is 10.0. The Balaban J connectivity index is 1.89. The van der Waals surface area contributed by atoms with Crippen LogP contribution >= 0.6 is 31.9 Å². The molecule has 35 heavy (non-hydrogen) atoms. The predicted molar refractivity (Wildman–Crippen MR) is 146 cm³/mol. The maximum absolute atomic E-state index is 13.5. The minimum atomic E-state index is -0.684. The summed E-state index contributed by atoms with van der Waals surface area (Å²) in [6.07, 6.45) is 1.21. The normalized spacial score (nSPS) is 12.5. The number of ether oxygens (including phenoxy) is 1. The topological polar surface area (TPSA) is 58.6 Å². The molecule has 0 aliphatic carbocycles. The van der Waals surface area contributed by atoms with Gasteiger partial charge in [0.1, 0.15) is 11.8 Å². The number of amides is 2. The Hall–Kier alpha value is -2.64. The van der Waals surface area contributed by atoms with E-state index in [0.29, 0.717) is 18.7 Å². The highest BCUT2D eigenvalue weighted by atomic mass is 79.9. The van der Waals surface area contributed by atoms with E-state index >= 15 is 0 Å². The van der Waals surface area contributed by atoms with Crippen molar-refractivity contribution in [1.29, 1.82) is 0 Å². The first-order valence-electron chi connectivity index (χ1n) is 11.6. The molecule has 0 aliphatic heterocycles. The third kappa shape index (κ3) is 8.51. The highest BCUT2D eigenvalue weighted by Gasteiger charge is 2.31. The molecule has 1 N–H and O–H groups in total. The van der Waals surface area contributed by atoms with Crippen LogP contribution in [0.3, 0.4) is 0 Å². The number of benzene rings is 3. The third-order valence-corrected chi connectivity index (χ3v) is 6.77. The molecule has 2 atom stereocenters. The quantitative estimate of drug-likeness (QED) is 0.287. The van der Waals surface area contributed by atoms with Crippen LogP contribution in [-0.4, -0.2) is 35.4 Å². The first-order valence-corrected chi connectivity index (χ1v) is 13.2. The number of nitrogens with one attached hydrogen (secondary N) is 1. The van der Waals surface area contributed by atoms with Crippen LogP contribution in [-0.2, 0) is 22.6 Å². The molecule has 0 unspecified atom stereocenters. The van der Waals surface area contributed by atoms with Gasteiger partial charge in [0.2, 0.25) is 5.91 Å². The van der Waals surface area contributed by atoms with Gasteiger partial charge in [0.15, 0.2) is 6.61 Å². The lowest BCUT2D eigenvalue weighted by Crippen LogP contribution is -2.53. The van der Waals surface area contributed by atoms with Gasteiger partial charge in [-0.1, -0.05) is 81.2 Å². The van der Waals surface area contributed by atoms with Gasteiger partial charge in [0.25, 0.3) is 5.91 Å². The van der Waals surface area contributed by atoms with Crippen LogP contribution in [0.5, 0.6) is 5.75 Å². The number of halogens is 2. The fourth-order valence-electron chi connectivity index (χ4n) is 3.54. The van der Waals surface area contributed by atoms with E-state index in [4.69, 9.17) is 4.74 Å². The second-order valence-corrected chi connectivity index (χ2v) is 10.2. The van der Waals surface area contributed by atoms with Gasteiger partial charge < -0.3 is 15.0 Å². The van der Waals surface area contributed by atoms with Crippen LogP contribution in [0, 0.1) is 0 Å². The van der Waals surface area contributed by atoms with Crippen LogP contribution in [0.2, 0.25) is 0 Å². The van der Waals surface area contributed by atoms with E-state index in [1.165, 1.54) is 0 Å². The molecule has 0 saturated heterocycles. The van der Waals surface area contributed by atoms with E-state index in [-0.39, 0.29) is 24.5 Å². The van der Waals surface area contributed by atoms with E-state index < -0.39 is 6.04 Å². The first-order chi connectivity index (χ1) is 16.9. The molecule has 3 rings (SSSR count). The molecular weight excluding hydrogens is 572 g/mol. The average molecular weight is 602 g/mol. The van der Waals surface area contributed by atoms with Crippen molar-refractivity contribution in [2.24, 2.45) is 0 Å². The zero-order valence-corrected chi connectivity index (χ0v) is 23.1. The van der Waals surface area contributed by atoms with Gasteiger partial charge >= 0.3 is 0 Å². The number of carbonyl (C=O) groups is 2. The van der Waals surface area contributed by atoms with Crippen molar-refractivity contribution in [3.8, 4) is 5.75 Å². The monoisotopic (exact) mass is 600 g/mol. The highest BCUT2D eigenvalue weighted by molar-refractivity contribution is 9.10. The minimum Gasteiger partial charge on any atom is -0.484 e. The lowest BCUT2D eigenvalue weighted by molar-refractivity contribution is -0.143. The van der Waals surface area contributed by atoms with Gasteiger partial charge in [-0.3, -0.25) is 9.59 Å². The number of carbonyl (C=O) groups excluding carboxylic acids is 2. The molecule has 0 heterocycles. The van der Waals surface area contributed by atoms with Crippen molar-refractivity contribution in [3.05, 3.63) is 98.9 Å². The third-order valence-electron chi connectivity index (χ3n) is 5.71. The van der Waals surface area contributed by atoms with Crippen molar-refractivity contribution >= 4 is 43.7 Å². The minimum absolute atomic E-state index is 0.00409. The molecule has 5 nitrogen and oxygen atoms in total. The molecule has 3 aromatic rings. The number of rotatable bonds is 11. The summed E-state index contributed by atoms with van der Waals surface area (Å²) in [4.78, 5) is 28.6. The second-order valence-electron chi connectivity index (χ2n) is 8.41. The summed E-state index contributed by atoms with van der Waals surface area (Å²) >= 11 is 6.86. The molecule has 2 amide bonds. The van der Waals surface area contributed by atoms with E-state index in [2.05, 4.69) is 37.2 Å². The standard InChI is InChI=1S/C28H30Br2N2O3/c1-3-20(2)31-28(34)26(17-21-7-5-4-6-8-21)32(18-22-9-11-23(29)12-10-22)27(33)19-35-25-15-13-24(30)14-16-25/h4-16,20,26H,3,17-19H2,1-2H3,(H,31,34)/t20-,26-/m0/s1. The summed E-state index contributed by atoms with van der Waals surface area (Å²) in [5.41, 5.74) is 1.92. The molecule has 3 aromatic carbocycles. The molecular formula is C28H30Br2N2O3. The van der Waals surface area contributed by atoms with Crippen LogP contribution in [0.4, 0.5) is 0 Å². The largest absolute Gasteiger partial charge is 0.484 e. The number of nitrogens with zero attached hydrogens (tertiary/aromatic N) is 1. The number of hydrogen-bond donors (Lipinski definition) is 1. The van der Waals surface area contributed by atoms with E-state index in [9.17, 15) is 9.59 Å². The number of hydrogen-bond acceptors (Lipinski definition) is 3. The Kier molecular flexibility index (Phi) is 10.4. The van der Waals surface area contributed by atoms with Crippen molar-refractivity contribution in [1.82, 2.24) is 10.2 Å². The zero-order valence-electron chi connectivity index (χ0n) is 19.9. The molecule has 0 radical (unpaired) electrons. The maximum Gasteiger partial charge on any atom is 0.261 e. The first kappa shape index (κ1) is 27.0. The highest BCUT2D eigenvalue weighted by Crippen LogP contribution is 2.19. The zero-order chi connectivity index (χ0) is 25.2. The molecule has 0 aromatic heterocycles. The van der Waals surface area contributed by atoms with Gasteiger partial charge in [-0.25, -0.2) is 0 Å². The lowest BCUT2D eigenvalue weighted by Gasteiger charge is -2.32. The van der Waals surface area contributed by atoms with E-state index in [1.807, 2.05) is 80.6 Å². The molecule has 184 valence electrons. The summed E-state index contributed by atoms with van der Waals surface area (Å²) in [5.74, 6) is 0.169. The van der Waals surface area contributed by atoms with Gasteiger partial charge in [0.05, 0.1) is 0 Å². The van der Waals surface area contributed by atoms with Gasteiger partial charge in [-0.05, 0) is 60.9 Å². The molecule has 7 heteroatoms. The molecule has 0 bridgehead atoms. The Morgan fingerprint density at radius 1 is 0.886 bits per heavy atom. The average Bonchev–Trinajstić information content (AvgIpc) is 2.87. The SMILES string of the molecule is CC[C@H](C)NC(=O)[C@H](Cc1ccccc1)N(Cc1ccc(Br)cc1)C(=O)COc1ccc(Br)cc1. The van der Waals surface area contributed by atoms with Crippen LogP contribution in [0.1, 0.15) is 31.4 Å². The van der Waals surface area contributed by atoms with E-state index in [0.717, 1.165) is 26.5 Å². The van der Waals surface area contributed by atoms with Crippen molar-refractivity contribution in [2.45, 2.75) is 45.3 Å². The Morgan fingerprint density at radius 3 is 2.09 bits per heavy atom. The summed E-state index contributed by atoms with van der Waals surface area (Å²) in [5, 5.41) is 3.07. The van der Waals surface area contributed by atoms with Gasteiger partial charge in [-0.15, -0.1) is 0 Å². The van der Waals surface area contributed by atoms with Crippen molar-refractivity contribution in [3.63, 3.8) is 0 Å². The fraction of sp³-hybridized carbons (Fsp3) is 0.286. The van der Waals surface area contributed by atoms with Crippen LogP contribution in [0.15, 0.2) is 87.8 Å². The molecule has 0 saturated carbocycles. The van der Waals surface area contributed by atoms with Crippen LogP contribution in [0.25, 0.3) is 0 Å². The molecule has 0 aliphatic rings. The molecule has 0 spiro atoms. The summed E-state index contributed by atoms with van der Waals surface area (Å²) in [6.45, 7) is 4.12. The van der Waals surface area contributed by atoms with Gasteiger partial charge in [-0.2, -0.15) is 0 Å². The second kappa shape index (κ2) is 13.4. The molecule has 0 fully saturated rings. The summed E-state index contributed by atoms with van der Waals surface area (Å²) in [6, 6.07) is 24.2. The smallest absolute Gasteiger partial charge is 0.261 e. The summed E-state index contributed by atoms with van der Waals surface area (Å²) < 4.78 is 7.67. The Labute approximate surface area is 224 Å².